The maximum absolute atomic E-state index is 10.0. The number of aliphatic hydroxyl groups is 1. The van der Waals surface area contributed by atoms with Crippen LogP contribution in [0.5, 0.6) is 0 Å². The third-order valence-electron chi connectivity index (χ3n) is 3.32. The van der Waals surface area contributed by atoms with Crippen LogP contribution < -0.4 is 5.32 Å². The van der Waals surface area contributed by atoms with E-state index in [2.05, 4.69) is 34.3 Å². The van der Waals surface area contributed by atoms with Gasteiger partial charge in [-0.3, -0.25) is 4.98 Å². The lowest BCUT2D eigenvalue weighted by Crippen LogP contribution is -2.48. The molecule has 0 aliphatic heterocycles. The number of aliphatic hydroxyl groups excluding tert-OH is 1. The highest BCUT2D eigenvalue weighted by Gasteiger charge is 2.31. The molecular weight excluding hydrogens is 282 g/mol. The van der Waals surface area contributed by atoms with Crippen molar-refractivity contribution in [1.29, 1.82) is 0 Å². The highest BCUT2D eigenvalue weighted by atomic mass is 32.2. The first-order valence-corrected chi connectivity index (χ1v) is 8.09. The smallest absolute Gasteiger partial charge is 0.114 e. The minimum atomic E-state index is -0.459. The Morgan fingerprint density at radius 2 is 2.05 bits per heavy atom. The van der Waals surface area contributed by atoms with Crippen LogP contribution in [0.2, 0.25) is 0 Å². The predicted molar refractivity (Wildman–Crippen MR) is 86.3 cm³/mol. The molecule has 0 bridgehead atoms. The fourth-order valence-electron chi connectivity index (χ4n) is 2.11. The third-order valence-corrected chi connectivity index (χ3v) is 4.46. The first-order valence-electron chi connectivity index (χ1n) is 7.11. The van der Waals surface area contributed by atoms with E-state index >= 15 is 0 Å². The van der Waals surface area contributed by atoms with Crippen molar-refractivity contribution in [3.63, 3.8) is 0 Å². The highest BCUT2D eigenvalue weighted by Crippen LogP contribution is 2.28. The molecule has 4 nitrogen and oxygen atoms in total. The predicted octanol–water partition coefficient (Wildman–Crippen LogP) is 2.46. The summed E-state index contributed by atoms with van der Waals surface area (Å²) in [6.07, 6.45) is 6.11. The minimum Gasteiger partial charge on any atom is -0.394 e. The molecule has 0 amide bonds. The molecule has 1 atom stereocenters. The molecule has 0 fully saturated rings. The normalized spacial score (nSPS) is 13.8. The molecule has 2 aromatic rings. The Hall–Kier alpha value is -1.43. The van der Waals surface area contributed by atoms with Gasteiger partial charge in [-0.1, -0.05) is 37.3 Å². The molecule has 0 saturated heterocycles. The van der Waals surface area contributed by atoms with Gasteiger partial charge >= 0.3 is 0 Å². The van der Waals surface area contributed by atoms with Crippen LogP contribution in [0.15, 0.2) is 53.9 Å². The molecule has 1 aromatic heterocycles. The molecule has 1 aromatic carbocycles. The van der Waals surface area contributed by atoms with Crippen LogP contribution in [0.25, 0.3) is 0 Å². The van der Waals surface area contributed by atoms with Crippen molar-refractivity contribution >= 4 is 11.8 Å². The van der Waals surface area contributed by atoms with Crippen LogP contribution in [0.1, 0.15) is 18.9 Å². The number of hydrogen-bond acceptors (Lipinski definition) is 5. The number of hydrogen-bond donors (Lipinski definition) is 2. The molecule has 1 unspecified atom stereocenters. The van der Waals surface area contributed by atoms with Gasteiger partial charge in [0.05, 0.1) is 18.3 Å². The standard InChI is InChI=1S/C16H21N3OS/c1-2-8-19-16(12-20,14-6-4-3-5-7-14)13-21-15-11-17-9-10-18-15/h3-7,9-11,19-20H,2,8,12-13H2,1H3. The number of aromatic nitrogens is 2. The van der Waals surface area contributed by atoms with Crippen molar-refractivity contribution in [3.8, 4) is 0 Å². The summed E-state index contributed by atoms with van der Waals surface area (Å²) in [6.45, 7) is 3.02. The van der Waals surface area contributed by atoms with E-state index in [0.29, 0.717) is 5.75 Å². The second-order valence-electron chi connectivity index (χ2n) is 4.87. The van der Waals surface area contributed by atoms with Gasteiger partial charge in [0, 0.05) is 18.1 Å². The quantitative estimate of drug-likeness (QED) is 0.734. The van der Waals surface area contributed by atoms with Gasteiger partial charge in [-0.05, 0) is 18.5 Å². The lowest BCUT2D eigenvalue weighted by molar-refractivity contribution is 0.179. The molecule has 0 spiro atoms. The summed E-state index contributed by atoms with van der Waals surface area (Å²) in [5.41, 5.74) is 0.636. The van der Waals surface area contributed by atoms with E-state index in [-0.39, 0.29) is 6.61 Å². The van der Waals surface area contributed by atoms with E-state index in [1.165, 1.54) is 0 Å². The van der Waals surface area contributed by atoms with Gasteiger partial charge in [0.15, 0.2) is 0 Å². The topological polar surface area (TPSA) is 58.0 Å². The van der Waals surface area contributed by atoms with Crippen LogP contribution >= 0.6 is 11.8 Å². The zero-order chi connectivity index (χ0) is 15.0. The SMILES string of the molecule is CCCNC(CO)(CSc1cnccn1)c1ccccc1. The lowest BCUT2D eigenvalue weighted by Gasteiger charge is -2.33. The van der Waals surface area contributed by atoms with Crippen molar-refractivity contribution in [2.45, 2.75) is 23.9 Å². The fraction of sp³-hybridized carbons (Fsp3) is 0.375. The average Bonchev–Trinajstić information content (AvgIpc) is 2.57. The molecule has 0 radical (unpaired) electrons. The molecule has 2 N–H and O–H groups in total. The van der Waals surface area contributed by atoms with Crippen molar-refractivity contribution in [2.24, 2.45) is 0 Å². The first-order chi connectivity index (χ1) is 10.3. The summed E-state index contributed by atoms with van der Waals surface area (Å²) in [4.78, 5) is 8.36. The van der Waals surface area contributed by atoms with Crippen LogP contribution in [0.3, 0.4) is 0 Å². The first kappa shape index (κ1) is 15.9. The van der Waals surface area contributed by atoms with Gasteiger partial charge in [-0.15, -0.1) is 11.8 Å². The Balaban J connectivity index is 2.18. The number of benzene rings is 1. The van der Waals surface area contributed by atoms with Crippen molar-refractivity contribution < 1.29 is 5.11 Å². The Bertz CT molecular complexity index is 524. The summed E-state index contributed by atoms with van der Waals surface area (Å²) < 4.78 is 0. The fourth-order valence-corrected chi connectivity index (χ4v) is 3.13. The lowest BCUT2D eigenvalue weighted by atomic mass is 9.92. The summed E-state index contributed by atoms with van der Waals surface area (Å²) in [7, 11) is 0. The molecular formula is C16H21N3OS. The molecule has 0 saturated carbocycles. The van der Waals surface area contributed by atoms with E-state index in [0.717, 1.165) is 23.6 Å². The zero-order valence-electron chi connectivity index (χ0n) is 12.2. The van der Waals surface area contributed by atoms with Gasteiger partial charge in [-0.25, -0.2) is 4.98 Å². The van der Waals surface area contributed by atoms with E-state index < -0.39 is 5.54 Å². The van der Waals surface area contributed by atoms with Crippen LogP contribution in [0, 0.1) is 0 Å². The molecule has 0 aliphatic rings. The summed E-state index contributed by atoms with van der Waals surface area (Å²) >= 11 is 1.60. The highest BCUT2D eigenvalue weighted by molar-refractivity contribution is 7.99. The molecule has 112 valence electrons. The Kier molecular flexibility index (Phi) is 6.17. The molecule has 1 heterocycles. The number of nitrogens with zero attached hydrogens (tertiary/aromatic N) is 2. The Morgan fingerprint density at radius 3 is 2.67 bits per heavy atom. The van der Waals surface area contributed by atoms with Gasteiger partial charge in [-0.2, -0.15) is 0 Å². The van der Waals surface area contributed by atoms with E-state index in [4.69, 9.17) is 0 Å². The van der Waals surface area contributed by atoms with E-state index in [1.807, 2.05) is 18.2 Å². The maximum Gasteiger partial charge on any atom is 0.114 e. The van der Waals surface area contributed by atoms with E-state index in [1.54, 1.807) is 30.4 Å². The number of rotatable bonds is 8. The number of thioether (sulfide) groups is 1. The minimum absolute atomic E-state index is 0.0459. The Labute approximate surface area is 130 Å². The summed E-state index contributed by atoms with van der Waals surface area (Å²) in [5, 5.41) is 14.4. The molecule has 5 heteroatoms. The summed E-state index contributed by atoms with van der Waals surface area (Å²) in [5.74, 6) is 0.701. The van der Waals surface area contributed by atoms with Gasteiger partial charge in [0.25, 0.3) is 0 Å². The zero-order valence-corrected chi connectivity index (χ0v) is 13.0. The van der Waals surface area contributed by atoms with Crippen molar-refractivity contribution in [2.75, 3.05) is 18.9 Å². The third kappa shape index (κ3) is 4.27. The summed E-state index contributed by atoms with van der Waals surface area (Å²) in [6, 6.07) is 10.1. The monoisotopic (exact) mass is 303 g/mol. The van der Waals surface area contributed by atoms with Crippen LogP contribution in [-0.2, 0) is 5.54 Å². The van der Waals surface area contributed by atoms with Crippen LogP contribution in [0.4, 0.5) is 0 Å². The van der Waals surface area contributed by atoms with Gasteiger partial charge in [0.2, 0.25) is 0 Å². The molecule has 0 aliphatic carbocycles. The van der Waals surface area contributed by atoms with Crippen LogP contribution in [-0.4, -0.2) is 34.0 Å². The van der Waals surface area contributed by atoms with Crippen molar-refractivity contribution in [1.82, 2.24) is 15.3 Å². The van der Waals surface area contributed by atoms with Gasteiger partial charge in [0.1, 0.15) is 5.03 Å². The average molecular weight is 303 g/mol. The second kappa shape index (κ2) is 8.12. The van der Waals surface area contributed by atoms with Crippen molar-refractivity contribution in [3.05, 3.63) is 54.5 Å². The van der Waals surface area contributed by atoms with E-state index in [9.17, 15) is 5.11 Å². The second-order valence-corrected chi connectivity index (χ2v) is 5.86. The van der Waals surface area contributed by atoms with Gasteiger partial charge < -0.3 is 10.4 Å². The Morgan fingerprint density at radius 1 is 1.24 bits per heavy atom. The molecule has 21 heavy (non-hydrogen) atoms. The largest absolute Gasteiger partial charge is 0.394 e. The number of nitrogens with one attached hydrogen (secondary N) is 1. The maximum atomic E-state index is 10.0. The molecule has 2 rings (SSSR count).